The van der Waals surface area contributed by atoms with Crippen LogP contribution in [-0.2, 0) is 34.0 Å². The van der Waals surface area contributed by atoms with Gasteiger partial charge < -0.3 is 16.0 Å². The van der Waals surface area contributed by atoms with E-state index in [1.54, 1.807) is 18.2 Å². The van der Waals surface area contributed by atoms with Gasteiger partial charge in [0.1, 0.15) is 11.4 Å². The standard InChI is InChI=1S/C20H19F3N8O3S/c1-31(35(2,33)34)15-10-24-7-12(27-15)8-25-18-13(20(21,22)23)9-26-19(30-18)28-14-5-3-4-11-6-16(32)29-17(11)14/h3-5,7,9-10H,6,8H2,1-2H3,(H,29,32)(H2,25,26,28,30). The van der Waals surface area contributed by atoms with Gasteiger partial charge in [0.05, 0.1) is 48.7 Å². The smallest absolute Gasteiger partial charge is 0.364 e. The molecule has 0 bridgehead atoms. The minimum atomic E-state index is -4.74. The number of nitrogens with zero attached hydrogens (tertiary/aromatic N) is 5. The molecule has 3 N–H and O–H groups in total. The normalized spacial score (nSPS) is 13.2. The Hall–Kier alpha value is -4.01. The number of amides is 1. The number of sulfonamides is 1. The van der Waals surface area contributed by atoms with Crippen molar-refractivity contribution in [3.63, 3.8) is 0 Å². The number of rotatable bonds is 7. The summed E-state index contributed by atoms with van der Waals surface area (Å²) in [6.07, 6.45) is -0.421. The molecule has 0 saturated carbocycles. The first-order valence-electron chi connectivity index (χ1n) is 10.0. The summed E-state index contributed by atoms with van der Waals surface area (Å²) in [7, 11) is -2.32. The Bertz CT molecular complexity index is 1400. The first kappa shape index (κ1) is 24.1. The third-order valence-corrected chi connectivity index (χ3v) is 6.22. The summed E-state index contributed by atoms with van der Waals surface area (Å²) in [6, 6.07) is 5.09. The van der Waals surface area contributed by atoms with Crippen molar-refractivity contribution >= 4 is 44.9 Å². The minimum absolute atomic E-state index is 0.00729. The van der Waals surface area contributed by atoms with Crippen LogP contribution in [0.5, 0.6) is 0 Å². The lowest BCUT2D eigenvalue weighted by atomic mass is 10.1. The quantitative estimate of drug-likeness (QED) is 0.439. The van der Waals surface area contributed by atoms with Gasteiger partial charge in [-0.25, -0.2) is 18.4 Å². The van der Waals surface area contributed by atoms with Crippen molar-refractivity contribution in [2.24, 2.45) is 0 Å². The summed E-state index contributed by atoms with van der Waals surface area (Å²) in [6.45, 7) is -0.227. The molecule has 1 amide bonds. The molecule has 0 unspecified atom stereocenters. The second kappa shape index (κ2) is 8.98. The highest BCUT2D eigenvalue weighted by Crippen LogP contribution is 2.36. The van der Waals surface area contributed by atoms with Gasteiger partial charge >= 0.3 is 6.18 Å². The van der Waals surface area contributed by atoms with Crippen molar-refractivity contribution < 1.29 is 26.4 Å². The Morgan fingerprint density at radius 2 is 1.94 bits per heavy atom. The Balaban J connectivity index is 1.60. The highest BCUT2D eigenvalue weighted by atomic mass is 32.2. The van der Waals surface area contributed by atoms with Crippen LogP contribution in [0.25, 0.3) is 0 Å². The molecule has 1 aromatic carbocycles. The molecule has 4 rings (SSSR count). The number of hydrogen-bond acceptors (Lipinski definition) is 9. The molecule has 3 aromatic rings. The molecule has 0 aliphatic carbocycles. The molecular weight excluding hydrogens is 489 g/mol. The van der Waals surface area contributed by atoms with E-state index < -0.39 is 27.6 Å². The van der Waals surface area contributed by atoms with Crippen molar-refractivity contribution in [1.82, 2.24) is 19.9 Å². The zero-order valence-corrected chi connectivity index (χ0v) is 19.2. The zero-order valence-electron chi connectivity index (χ0n) is 18.4. The van der Waals surface area contributed by atoms with Crippen LogP contribution in [0.3, 0.4) is 0 Å². The van der Waals surface area contributed by atoms with Gasteiger partial charge in [0, 0.05) is 13.2 Å². The van der Waals surface area contributed by atoms with E-state index in [2.05, 4.69) is 35.9 Å². The van der Waals surface area contributed by atoms with Gasteiger partial charge in [-0.15, -0.1) is 0 Å². The fourth-order valence-electron chi connectivity index (χ4n) is 3.24. The Morgan fingerprint density at radius 1 is 1.17 bits per heavy atom. The van der Waals surface area contributed by atoms with E-state index in [0.717, 1.165) is 16.1 Å². The predicted molar refractivity (Wildman–Crippen MR) is 122 cm³/mol. The van der Waals surface area contributed by atoms with E-state index in [1.807, 2.05) is 0 Å². The van der Waals surface area contributed by atoms with E-state index in [-0.39, 0.29) is 36.3 Å². The summed E-state index contributed by atoms with van der Waals surface area (Å²) >= 11 is 0. The zero-order chi connectivity index (χ0) is 25.4. The molecular formula is C20H19F3N8O3S. The molecule has 3 heterocycles. The maximum Gasteiger partial charge on any atom is 0.421 e. The highest BCUT2D eigenvalue weighted by Gasteiger charge is 2.35. The highest BCUT2D eigenvalue weighted by molar-refractivity contribution is 7.92. The summed E-state index contributed by atoms with van der Waals surface area (Å²) in [5.74, 6) is -0.843. The van der Waals surface area contributed by atoms with Crippen molar-refractivity contribution in [1.29, 1.82) is 0 Å². The van der Waals surface area contributed by atoms with Crippen LogP contribution in [-0.4, -0.2) is 47.6 Å². The van der Waals surface area contributed by atoms with Crippen LogP contribution >= 0.6 is 0 Å². The van der Waals surface area contributed by atoms with Crippen LogP contribution in [0.4, 0.5) is 42.1 Å². The van der Waals surface area contributed by atoms with Gasteiger partial charge in [0.2, 0.25) is 21.9 Å². The third-order valence-electron chi connectivity index (χ3n) is 5.04. The average Bonchev–Trinajstić information content (AvgIpc) is 3.17. The van der Waals surface area contributed by atoms with Gasteiger partial charge in [-0.05, 0) is 11.6 Å². The molecule has 0 saturated heterocycles. The van der Waals surface area contributed by atoms with Crippen molar-refractivity contribution in [2.75, 3.05) is 33.6 Å². The number of para-hydroxylation sites is 1. The summed E-state index contributed by atoms with van der Waals surface area (Å²) in [5, 5.41) is 8.11. The topological polar surface area (TPSA) is 142 Å². The second-order valence-corrected chi connectivity index (χ2v) is 9.61. The Kier molecular flexibility index (Phi) is 6.19. The number of alkyl halides is 3. The van der Waals surface area contributed by atoms with Gasteiger partial charge in [-0.2, -0.15) is 18.2 Å². The molecule has 1 aliphatic heterocycles. The number of fused-ring (bicyclic) bond motifs is 1. The predicted octanol–water partition coefficient (Wildman–Crippen LogP) is 2.53. The molecule has 1 aliphatic rings. The SMILES string of the molecule is CN(c1cncc(CNc2nc(Nc3cccc4c3NC(=O)C4)ncc2C(F)(F)F)n1)S(C)(=O)=O. The molecule has 0 fully saturated rings. The molecule has 35 heavy (non-hydrogen) atoms. The maximum atomic E-state index is 13.6. The molecule has 15 heteroatoms. The molecule has 184 valence electrons. The van der Waals surface area contributed by atoms with E-state index in [1.165, 1.54) is 19.4 Å². The number of carbonyl (C=O) groups is 1. The number of benzene rings is 1. The fraction of sp³-hybridized carbons (Fsp3) is 0.250. The third kappa shape index (κ3) is 5.40. The molecule has 11 nitrogen and oxygen atoms in total. The average molecular weight is 508 g/mol. The largest absolute Gasteiger partial charge is 0.421 e. The van der Waals surface area contributed by atoms with Gasteiger partial charge in [0.25, 0.3) is 0 Å². The van der Waals surface area contributed by atoms with Gasteiger partial charge in [-0.1, -0.05) is 12.1 Å². The van der Waals surface area contributed by atoms with E-state index >= 15 is 0 Å². The van der Waals surface area contributed by atoms with Crippen LogP contribution in [0.15, 0.2) is 36.8 Å². The van der Waals surface area contributed by atoms with Gasteiger partial charge in [-0.3, -0.25) is 14.1 Å². The first-order chi connectivity index (χ1) is 16.4. The van der Waals surface area contributed by atoms with E-state index in [9.17, 15) is 26.4 Å². The van der Waals surface area contributed by atoms with E-state index in [4.69, 9.17) is 0 Å². The minimum Gasteiger partial charge on any atom is -0.364 e. The van der Waals surface area contributed by atoms with Gasteiger partial charge in [0.15, 0.2) is 5.82 Å². The Morgan fingerprint density at radius 3 is 2.66 bits per heavy atom. The van der Waals surface area contributed by atoms with Crippen LogP contribution in [0.1, 0.15) is 16.8 Å². The fourth-order valence-corrected chi connectivity index (χ4v) is 3.66. The molecule has 2 aromatic heterocycles. The molecule has 0 spiro atoms. The summed E-state index contributed by atoms with van der Waals surface area (Å²) in [5.41, 5.74) is 0.761. The molecule has 0 radical (unpaired) electrons. The summed E-state index contributed by atoms with van der Waals surface area (Å²) in [4.78, 5) is 27.5. The second-order valence-electron chi connectivity index (χ2n) is 7.60. The number of hydrogen-bond donors (Lipinski definition) is 3. The lowest BCUT2D eigenvalue weighted by Gasteiger charge is -2.17. The number of carbonyl (C=O) groups excluding carboxylic acids is 1. The maximum absolute atomic E-state index is 13.6. The lowest BCUT2D eigenvalue weighted by molar-refractivity contribution is -0.137. The lowest BCUT2D eigenvalue weighted by Crippen LogP contribution is -2.26. The summed E-state index contributed by atoms with van der Waals surface area (Å²) < 4.78 is 65.0. The van der Waals surface area contributed by atoms with Crippen LogP contribution < -0.4 is 20.3 Å². The monoisotopic (exact) mass is 508 g/mol. The number of halogens is 3. The Labute approximate surface area is 197 Å². The van der Waals surface area contributed by atoms with Crippen molar-refractivity contribution in [3.8, 4) is 0 Å². The van der Waals surface area contributed by atoms with E-state index in [0.29, 0.717) is 17.6 Å². The number of aromatic nitrogens is 4. The van der Waals surface area contributed by atoms with Crippen molar-refractivity contribution in [3.05, 3.63) is 53.6 Å². The van der Waals surface area contributed by atoms with Crippen LogP contribution in [0, 0.1) is 0 Å². The molecule has 0 atom stereocenters. The number of nitrogens with one attached hydrogen (secondary N) is 3. The van der Waals surface area contributed by atoms with Crippen molar-refractivity contribution in [2.45, 2.75) is 19.1 Å². The number of anilines is 5. The van der Waals surface area contributed by atoms with Crippen LogP contribution in [0.2, 0.25) is 0 Å². The first-order valence-corrected chi connectivity index (χ1v) is 11.9.